The van der Waals surface area contributed by atoms with Crippen molar-refractivity contribution in [3.63, 3.8) is 0 Å². The van der Waals surface area contributed by atoms with Gasteiger partial charge in [-0.1, -0.05) is 39.0 Å². The Morgan fingerprint density at radius 3 is 2.26 bits per heavy atom. The number of hydrogen-bond donors (Lipinski definition) is 1. The summed E-state index contributed by atoms with van der Waals surface area (Å²) in [6, 6.07) is 0. The Kier molecular flexibility index (Phi) is 7.19. The van der Waals surface area contributed by atoms with E-state index in [0.717, 1.165) is 31.6 Å². The highest BCUT2D eigenvalue weighted by molar-refractivity contribution is 4.77. The molecule has 0 aromatic heterocycles. The highest BCUT2D eigenvalue weighted by Crippen LogP contribution is 2.35. The first-order chi connectivity index (χ1) is 8.92. The van der Waals surface area contributed by atoms with Gasteiger partial charge in [-0.2, -0.15) is 13.2 Å². The van der Waals surface area contributed by atoms with Crippen molar-refractivity contribution in [3.8, 4) is 0 Å². The molecule has 0 saturated heterocycles. The first kappa shape index (κ1) is 16.8. The van der Waals surface area contributed by atoms with Gasteiger partial charge >= 0.3 is 6.18 Å². The summed E-state index contributed by atoms with van der Waals surface area (Å²) in [6.07, 6.45) is 2.98. The van der Waals surface area contributed by atoms with Gasteiger partial charge in [0, 0.05) is 6.42 Å². The van der Waals surface area contributed by atoms with Crippen LogP contribution in [0.1, 0.15) is 71.1 Å². The third-order valence-electron chi connectivity index (χ3n) is 4.36. The number of alkyl halides is 3. The minimum absolute atomic E-state index is 0.0560. The molecule has 0 spiro atoms. The Hall–Kier alpha value is -0.250. The highest BCUT2D eigenvalue weighted by Gasteiger charge is 2.29. The van der Waals surface area contributed by atoms with Crippen molar-refractivity contribution in [2.45, 2.75) is 83.4 Å². The Labute approximate surface area is 114 Å². The molecular weight excluding hydrogens is 253 g/mol. The SMILES string of the molecule is CCCCC1CCC(C(O)CCCC(F)(F)F)CC1. The summed E-state index contributed by atoms with van der Waals surface area (Å²) in [4.78, 5) is 0. The van der Waals surface area contributed by atoms with Crippen LogP contribution in [0.5, 0.6) is 0 Å². The van der Waals surface area contributed by atoms with Gasteiger partial charge in [0.1, 0.15) is 0 Å². The lowest BCUT2D eigenvalue weighted by atomic mass is 9.77. The predicted octanol–water partition coefficient (Wildman–Crippen LogP) is 5.08. The van der Waals surface area contributed by atoms with E-state index in [0.29, 0.717) is 6.42 Å². The van der Waals surface area contributed by atoms with E-state index < -0.39 is 18.7 Å². The molecule has 1 saturated carbocycles. The number of aliphatic hydroxyl groups is 1. The van der Waals surface area contributed by atoms with Crippen LogP contribution in [-0.2, 0) is 0 Å². The maximum Gasteiger partial charge on any atom is 0.389 e. The normalized spacial score (nSPS) is 26.4. The smallest absolute Gasteiger partial charge is 0.389 e. The number of rotatable bonds is 7. The second-order valence-electron chi connectivity index (χ2n) is 6.00. The van der Waals surface area contributed by atoms with E-state index in [1.54, 1.807) is 0 Å². The van der Waals surface area contributed by atoms with Gasteiger partial charge < -0.3 is 5.11 Å². The van der Waals surface area contributed by atoms with Gasteiger partial charge in [-0.15, -0.1) is 0 Å². The molecule has 0 aliphatic heterocycles. The molecule has 1 N–H and O–H groups in total. The van der Waals surface area contributed by atoms with Crippen LogP contribution in [0, 0.1) is 11.8 Å². The summed E-state index contributed by atoms with van der Waals surface area (Å²) < 4.78 is 36.1. The van der Waals surface area contributed by atoms with E-state index in [-0.39, 0.29) is 12.3 Å². The lowest BCUT2D eigenvalue weighted by molar-refractivity contribution is -0.137. The van der Waals surface area contributed by atoms with E-state index in [4.69, 9.17) is 0 Å². The molecule has 114 valence electrons. The first-order valence-electron chi connectivity index (χ1n) is 7.67. The fourth-order valence-electron chi connectivity index (χ4n) is 3.10. The molecule has 1 atom stereocenters. The van der Waals surface area contributed by atoms with Gasteiger partial charge in [0.05, 0.1) is 6.10 Å². The second-order valence-corrected chi connectivity index (χ2v) is 6.00. The lowest BCUT2D eigenvalue weighted by Gasteiger charge is -2.31. The van der Waals surface area contributed by atoms with Crippen molar-refractivity contribution >= 4 is 0 Å². The van der Waals surface area contributed by atoms with Crippen LogP contribution in [0.3, 0.4) is 0 Å². The predicted molar refractivity (Wildman–Crippen MR) is 70.9 cm³/mol. The summed E-state index contributed by atoms with van der Waals surface area (Å²) in [5.74, 6) is 1.00. The van der Waals surface area contributed by atoms with Crippen LogP contribution in [0.15, 0.2) is 0 Å². The van der Waals surface area contributed by atoms with Gasteiger partial charge in [-0.05, 0) is 37.5 Å². The molecule has 1 rings (SSSR count). The second kappa shape index (κ2) is 8.13. The molecule has 0 heterocycles. The molecular formula is C15H27F3O. The quantitative estimate of drug-likeness (QED) is 0.689. The van der Waals surface area contributed by atoms with E-state index in [9.17, 15) is 18.3 Å². The Morgan fingerprint density at radius 2 is 1.74 bits per heavy atom. The van der Waals surface area contributed by atoms with Gasteiger partial charge in [0.25, 0.3) is 0 Å². The van der Waals surface area contributed by atoms with E-state index in [1.807, 2.05) is 0 Å². The fraction of sp³-hybridized carbons (Fsp3) is 1.00. The molecule has 0 amide bonds. The largest absolute Gasteiger partial charge is 0.393 e. The van der Waals surface area contributed by atoms with Crippen molar-refractivity contribution in [2.24, 2.45) is 11.8 Å². The lowest BCUT2D eigenvalue weighted by Crippen LogP contribution is -2.26. The van der Waals surface area contributed by atoms with E-state index >= 15 is 0 Å². The maximum absolute atomic E-state index is 12.0. The summed E-state index contributed by atoms with van der Waals surface area (Å²) >= 11 is 0. The standard InChI is InChI=1S/C15H27F3O/c1-2-3-5-12-7-9-13(10-8-12)14(19)6-4-11-15(16,17)18/h12-14,19H,2-11H2,1H3. The van der Waals surface area contributed by atoms with Crippen molar-refractivity contribution in [1.82, 2.24) is 0 Å². The van der Waals surface area contributed by atoms with Crippen molar-refractivity contribution in [2.75, 3.05) is 0 Å². The Morgan fingerprint density at radius 1 is 1.11 bits per heavy atom. The van der Waals surface area contributed by atoms with Gasteiger partial charge in [0.2, 0.25) is 0 Å². The third kappa shape index (κ3) is 7.19. The molecule has 1 unspecified atom stereocenters. The fourth-order valence-corrected chi connectivity index (χ4v) is 3.10. The van der Waals surface area contributed by atoms with Crippen molar-refractivity contribution in [1.29, 1.82) is 0 Å². The van der Waals surface area contributed by atoms with Crippen LogP contribution in [0.4, 0.5) is 13.2 Å². The van der Waals surface area contributed by atoms with Gasteiger partial charge in [0.15, 0.2) is 0 Å². The number of hydrogen-bond acceptors (Lipinski definition) is 1. The van der Waals surface area contributed by atoms with Crippen LogP contribution in [-0.4, -0.2) is 17.4 Å². The first-order valence-corrected chi connectivity index (χ1v) is 7.67. The summed E-state index contributed by atoms with van der Waals surface area (Å²) in [5, 5.41) is 9.97. The monoisotopic (exact) mass is 280 g/mol. The van der Waals surface area contributed by atoms with Crippen molar-refractivity contribution < 1.29 is 18.3 Å². The summed E-state index contributed by atoms with van der Waals surface area (Å²) in [5.41, 5.74) is 0. The highest BCUT2D eigenvalue weighted by atomic mass is 19.4. The molecule has 0 bridgehead atoms. The number of unbranched alkanes of at least 4 members (excludes halogenated alkanes) is 1. The third-order valence-corrected chi connectivity index (χ3v) is 4.36. The molecule has 1 aliphatic rings. The van der Waals surface area contributed by atoms with Crippen LogP contribution in [0.25, 0.3) is 0 Å². The molecule has 19 heavy (non-hydrogen) atoms. The average Bonchev–Trinajstić information content (AvgIpc) is 2.35. The van der Waals surface area contributed by atoms with Gasteiger partial charge in [-0.25, -0.2) is 0 Å². The zero-order valence-electron chi connectivity index (χ0n) is 11.9. The number of aliphatic hydroxyl groups excluding tert-OH is 1. The molecule has 1 nitrogen and oxygen atoms in total. The summed E-state index contributed by atoms with van der Waals surface area (Å²) in [7, 11) is 0. The topological polar surface area (TPSA) is 20.2 Å². The average molecular weight is 280 g/mol. The van der Waals surface area contributed by atoms with E-state index in [2.05, 4.69) is 6.92 Å². The Bertz CT molecular complexity index is 232. The zero-order valence-corrected chi connectivity index (χ0v) is 11.9. The number of halogens is 3. The van der Waals surface area contributed by atoms with Crippen molar-refractivity contribution in [3.05, 3.63) is 0 Å². The minimum atomic E-state index is -4.09. The molecule has 0 radical (unpaired) electrons. The molecule has 0 aromatic rings. The zero-order chi connectivity index (χ0) is 14.3. The van der Waals surface area contributed by atoms with Crippen LogP contribution >= 0.6 is 0 Å². The molecule has 4 heteroatoms. The maximum atomic E-state index is 12.0. The van der Waals surface area contributed by atoms with E-state index in [1.165, 1.54) is 19.3 Å². The Balaban J connectivity index is 2.16. The summed E-state index contributed by atoms with van der Waals surface area (Å²) in [6.45, 7) is 2.19. The minimum Gasteiger partial charge on any atom is -0.393 e. The molecule has 0 aromatic carbocycles. The molecule has 1 aliphatic carbocycles. The van der Waals surface area contributed by atoms with Gasteiger partial charge in [-0.3, -0.25) is 0 Å². The van der Waals surface area contributed by atoms with Crippen LogP contribution in [0.2, 0.25) is 0 Å². The molecule has 1 fully saturated rings. The van der Waals surface area contributed by atoms with Crippen LogP contribution < -0.4 is 0 Å².